The van der Waals surface area contributed by atoms with Crippen molar-refractivity contribution in [2.24, 2.45) is 0 Å². The number of aryl methyl sites for hydroxylation is 1. The number of nitrogens with two attached hydrogens (primary N) is 1. The molecule has 0 saturated heterocycles. The van der Waals surface area contributed by atoms with Gasteiger partial charge in [-0.15, -0.1) is 11.3 Å². The number of hydrogen-bond acceptors (Lipinski definition) is 5. The number of rotatable bonds is 5. The van der Waals surface area contributed by atoms with E-state index in [0.29, 0.717) is 0 Å². The van der Waals surface area contributed by atoms with Crippen LogP contribution in [0.5, 0.6) is 0 Å². The second kappa shape index (κ2) is 5.93. The van der Waals surface area contributed by atoms with E-state index in [4.69, 9.17) is 5.73 Å². The van der Waals surface area contributed by atoms with Crippen molar-refractivity contribution in [3.05, 3.63) is 40.1 Å². The summed E-state index contributed by atoms with van der Waals surface area (Å²) in [6.45, 7) is 5.00. The highest BCUT2D eigenvalue weighted by Crippen LogP contribution is 2.23. The Morgan fingerprint density at radius 2 is 2.33 bits per heavy atom. The van der Waals surface area contributed by atoms with Crippen molar-refractivity contribution in [1.29, 1.82) is 0 Å². The zero-order valence-electron chi connectivity index (χ0n) is 10.7. The zero-order valence-corrected chi connectivity index (χ0v) is 11.5. The first kappa shape index (κ1) is 13.0. The summed E-state index contributed by atoms with van der Waals surface area (Å²) in [7, 11) is 0. The molecule has 96 valence electrons. The highest BCUT2D eigenvalue weighted by Gasteiger charge is 2.15. The van der Waals surface area contributed by atoms with Crippen LogP contribution < -0.4 is 11.1 Å². The molecule has 1 unspecified atom stereocenters. The Labute approximate surface area is 111 Å². The summed E-state index contributed by atoms with van der Waals surface area (Å²) in [5.74, 6) is 0. The standard InChI is InChI=1S/C13H18N4S/c1-3-16-13(6-10-8-18-9(2)17-10)11-7-15-5-4-12(11)14/h4-5,7-8,13,16H,3,6H2,1-2H3,(H2,14,15). The van der Waals surface area contributed by atoms with Crippen LogP contribution in [-0.4, -0.2) is 16.5 Å². The third-order valence-corrected chi connectivity index (χ3v) is 3.62. The van der Waals surface area contributed by atoms with Gasteiger partial charge in [0.25, 0.3) is 0 Å². The van der Waals surface area contributed by atoms with Crippen molar-refractivity contribution in [3.8, 4) is 0 Å². The molecule has 0 spiro atoms. The van der Waals surface area contributed by atoms with Crippen LogP contribution in [0.2, 0.25) is 0 Å². The zero-order chi connectivity index (χ0) is 13.0. The van der Waals surface area contributed by atoms with Crippen molar-refractivity contribution >= 4 is 17.0 Å². The maximum Gasteiger partial charge on any atom is 0.0897 e. The summed E-state index contributed by atoms with van der Waals surface area (Å²) < 4.78 is 0. The predicted octanol–water partition coefficient (Wildman–Crippen LogP) is 2.32. The molecule has 18 heavy (non-hydrogen) atoms. The van der Waals surface area contributed by atoms with E-state index >= 15 is 0 Å². The molecular formula is C13H18N4S. The lowest BCUT2D eigenvalue weighted by atomic mass is 10.0. The quantitative estimate of drug-likeness (QED) is 0.868. The second-order valence-electron chi connectivity index (χ2n) is 4.18. The Kier molecular flexibility index (Phi) is 4.28. The van der Waals surface area contributed by atoms with Gasteiger partial charge >= 0.3 is 0 Å². The molecule has 0 aromatic carbocycles. The van der Waals surface area contributed by atoms with E-state index in [1.54, 1.807) is 17.5 Å². The number of likely N-dealkylation sites (N-methyl/N-ethyl adjacent to an activating group) is 1. The van der Waals surface area contributed by atoms with E-state index in [0.717, 1.165) is 34.9 Å². The molecule has 0 radical (unpaired) electrons. The lowest BCUT2D eigenvalue weighted by Gasteiger charge is -2.18. The molecule has 4 nitrogen and oxygen atoms in total. The first-order valence-electron chi connectivity index (χ1n) is 6.04. The summed E-state index contributed by atoms with van der Waals surface area (Å²) in [6.07, 6.45) is 4.39. The van der Waals surface area contributed by atoms with Gasteiger partial charge in [0.1, 0.15) is 0 Å². The third kappa shape index (κ3) is 3.05. The van der Waals surface area contributed by atoms with Crippen molar-refractivity contribution < 1.29 is 0 Å². The van der Waals surface area contributed by atoms with E-state index < -0.39 is 0 Å². The molecule has 0 aliphatic rings. The van der Waals surface area contributed by atoms with Gasteiger partial charge in [-0.3, -0.25) is 4.98 Å². The maximum absolute atomic E-state index is 6.01. The molecule has 0 aliphatic heterocycles. The molecule has 2 heterocycles. The van der Waals surface area contributed by atoms with E-state index in [9.17, 15) is 0 Å². The van der Waals surface area contributed by atoms with Gasteiger partial charge in [-0.25, -0.2) is 4.98 Å². The summed E-state index contributed by atoms with van der Waals surface area (Å²) >= 11 is 1.68. The van der Waals surface area contributed by atoms with Gasteiger partial charge in [0.05, 0.1) is 10.7 Å². The van der Waals surface area contributed by atoms with Gasteiger partial charge in [-0.05, 0) is 19.5 Å². The van der Waals surface area contributed by atoms with E-state index in [1.165, 1.54) is 0 Å². The highest BCUT2D eigenvalue weighted by atomic mass is 32.1. The Bertz CT molecular complexity index is 509. The van der Waals surface area contributed by atoms with Crippen LogP contribution >= 0.6 is 11.3 Å². The normalized spacial score (nSPS) is 12.6. The van der Waals surface area contributed by atoms with Gasteiger partial charge in [-0.2, -0.15) is 0 Å². The smallest absolute Gasteiger partial charge is 0.0897 e. The lowest BCUT2D eigenvalue weighted by Crippen LogP contribution is -2.24. The molecule has 2 aromatic heterocycles. The topological polar surface area (TPSA) is 63.8 Å². The third-order valence-electron chi connectivity index (χ3n) is 2.79. The van der Waals surface area contributed by atoms with Crippen LogP contribution in [-0.2, 0) is 6.42 Å². The Balaban J connectivity index is 2.20. The van der Waals surface area contributed by atoms with Crippen LogP contribution in [0.3, 0.4) is 0 Å². The van der Waals surface area contributed by atoms with Crippen molar-refractivity contribution in [3.63, 3.8) is 0 Å². The maximum atomic E-state index is 6.01. The van der Waals surface area contributed by atoms with Crippen LogP contribution in [0.25, 0.3) is 0 Å². The van der Waals surface area contributed by atoms with Crippen molar-refractivity contribution in [2.75, 3.05) is 12.3 Å². The monoisotopic (exact) mass is 262 g/mol. The molecule has 0 saturated carbocycles. The van der Waals surface area contributed by atoms with E-state index in [-0.39, 0.29) is 6.04 Å². The van der Waals surface area contributed by atoms with E-state index in [2.05, 4.69) is 27.6 Å². The fourth-order valence-electron chi connectivity index (χ4n) is 1.96. The number of aromatic nitrogens is 2. The predicted molar refractivity (Wildman–Crippen MR) is 75.6 cm³/mol. The fourth-order valence-corrected chi connectivity index (χ4v) is 2.58. The molecule has 2 rings (SSSR count). The van der Waals surface area contributed by atoms with E-state index in [1.807, 2.05) is 19.2 Å². The number of pyridine rings is 1. The number of thiazole rings is 1. The molecular weight excluding hydrogens is 244 g/mol. The van der Waals surface area contributed by atoms with Gasteiger partial charge in [0.15, 0.2) is 0 Å². The number of hydrogen-bond donors (Lipinski definition) is 2. The number of nitrogens with zero attached hydrogens (tertiary/aromatic N) is 2. The molecule has 0 fully saturated rings. The average molecular weight is 262 g/mol. The minimum atomic E-state index is 0.171. The molecule has 5 heteroatoms. The first-order valence-corrected chi connectivity index (χ1v) is 6.92. The van der Waals surface area contributed by atoms with Crippen molar-refractivity contribution in [2.45, 2.75) is 26.3 Å². The summed E-state index contributed by atoms with van der Waals surface area (Å²) in [5.41, 5.74) is 8.94. The molecule has 0 bridgehead atoms. The molecule has 2 aromatic rings. The summed E-state index contributed by atoms with van der Waals surface area (Å²) in [4.78, 5) is 8.66. The largest absolute Gasteiger partial charge is 0.398 e. The Hall–Kier alpha value is -1.46. The van der Waals surface area contributed by atoms with Crippen LogP contribution in [0.1, 0.15) is 29.2 Å². The minimum Gasteiger partial charge on any atom is -0.398 e. The van der Waals surface area contributed by atoms with Crippen LogP contribution in [0.15, 0.2) is 23.8 Å². The molecule has 1 atom stereocenters. The molecule has 3 N–H and O–H groups in total. The van der Waals surface area contributed by atoms with Gasteiger partial charge in [0.2, 0.25) is 0 Å². The Morgan fingerprint density at radius 3 is 2.94 bits per heavy atom. The minimum absolute atomic E-state index is 0.171. The first-order chi connectivity index (χ1) is 8.70. The average Bonchev–Trinajstić information content (AvgIpc) is 2.75. The fraction of sp³-hybridized carbons (Fsp3) is 0.385. The number of nitrogens with one attached hydrogen (secondary N) is 1. The highest BCUT2D eigenvalue weighted by molar-refractivity contribution is 7.09. The summed E-state index contributed by atoms with van der Waals surface area (Å²) in [6, 6.07) is 2.01. The molecule has 0 aliphatic carbocycles. The van der Waals surface area contributed by atoms with Crippen LogP contribution in [0, 0.1) is 6.92 Å². The SMILES string of the molecule is CCNC(Cc1csc(C)n1)c1cnccc1N. The van der Waals surface area contributed by atoms with Gasteiger partial charge in [0, 0.05) is 41.5 Å². The second-order valence-corrected chi connectivity index (χ2v) is 5.24. The number of anilines is 1. The van der Waals surface area contributed by atoms with Gasteiger partial charge < -0.3 is 11.1 Å². The molecule has 0 amide bonds. The number of nitrogen functional groups attached to an aromatic ring is 1. The van der Waals surface area contributed by atoms with Crippen LogP contribution in [0.4, 0.5) is 5.69 Å². The Morgan fingerprint density at radius 1 is 1.50 bits per heavy atom. The lowest BCUT2D eigenvalue weighted by molar-refractivity contribution is 0.545. The van der Waals surface area contributed by atoms with Crippen molar-refractivity contribution in [1.82, 2.24) is 15.3 Å². The van der Waals surface area contributed by atoms with Gasteiger partial charge in [-0.1, -0.05) is 6.92 Å². The summed E-state index contributed by atoms with van der Waals surface area (Å²) in [5, 5.41) is 6.64.